The number of carboxylic acids is 1. The Balaban J connectivity index is 2.30. The van der Waals surface area contributed by atoms with Crippen LogP contribution in [0.4, 0.5) is 5.69 Å². The molecule has 0 bridgehead atoms. The molecule has 4 heteroatoms. The minimum Gasteiger partial charge on any atom is -0.478 e. The second-order valence-electron chi connectivity index (χ2n) is 4.51. The quantitative estimate of drug-likeness (QED) is 0.678. The van der Waals surface area contributed by atoms with Crippen molar-refractivity contribution in [3.63, 3.8) is 0 Å². The normalized spacial score (nSPS) is 10.1. The molecule has 0 unspecified atom stereocenters. The van der Waals surface area contributed by atoms with Crippen LogP contribution in [0.3, 0.4) is 0 Å². The number of aromatic carboxylic acids is 1. The van der Waals surface area contributed by atoms with E-state index in [0.29, 0.717) is 17.2 Å². The summed E-state index contributed by atoms with van der Waals surface area (Å²) in [5.74, 6) is 5.70. The van der Waals surface area contributed by atoms with Crippen molar-refractivity contribution in [3.05, 3.63) is 53.6 Å². The maximum absolute atomic E-state index is 10.8. The predicted molar refractivity (Wildman–Crippen MR) is 86.3 cm³/mol. The average molecular weight is 293 g/mol. The number of hydrogen-bond donors (Lipinski definition) is 1. The van der Waals surface area contributed by atoms with E-state index in [0.717, 1.165) is 5.56 Å². The fourth-order valence-corrected chi connectivity index (χ4v) is 1.83. The molecule has 0 saturated heterocycles. The van der Waals surface area contributed by atoms with Gasteiger partial charge in [-0.1, -0.05) is 18.1 Å². The highest BCUT2D eigenvalue weighted by molar-refractivity contribution is 5.87. The van der Waals surface area contributed by atoms with Gasteiger partial charge in [0.2, 0.25) is 0 Å². The fraction of sp³-hybridized carbons (Fsp3) is 0.111. The van der Waals surface area contributed by atoms with Crippen molar-refractivity contribution in [3.8, 4) is 23.3 Å². The van der Waals surface area contributed by atoms with E-state index in [1.165, 1.54) is 18.3 Å². The number of aryl methyl sites for hydroxylation is 1. The Morgan fingerprint density at radius 1 is 1.23 bits per heavy atom. The lowest BCUT2D eigenvalue weighted by molar-refractivity contribution is 0.0697. The molecule has 0 fully saturated rings. The zero-order valence-corrected chi connectivity index (χ0v) is 12.3. The largest absolute Gasteiger partial charge is 0.478 e. The first-order chi connectivity index (χ1) is 10.6. The molecule has 4 nitrogen and oxygen atoms in total. The van der Waals surface area contributed by atoms with Gasteiger partial charge in [-0.25, -0.2) is 9.79 Å². The molecule has 0 heterocycles. The van der Waals surface area contributed by atoms with Crippen LogP contribution in [-0.4, -0.2) is 17.3 Å². The molecule has 2 rings (SSSR count). The van der Waals surface area contributed by atoms with E-state index >= 15 is 0 Å². The van der Waals surface area contributed by atoms with E-state index in [4.69, 9.17) is 9.84 Å². The first kappa shape index (κ1) is 15.3. The van der Waals surface area contributed by atoms with E-state index in [2.05, 4.69) is 16.8 Å². The molecule has 0 aliphatic carbocycles. The van der Waals surface area contributed by atoms with Crippen molar-refractivity contribution in [1.82, 2.24) is 0 Å². The summed E-state index contributed by atoms with van der Waals surface area (Å²) in [7, 11) is 0. The zero-order chi connectivity index (χ0) is 15.9. The summed E-state index contributed by atoms with van der Waals surface area (Å²) in [6, 6.07) is 11.9. The lowest BCUT2D eigenvalue weighted by Crippen LogP contribution is -1.95. The zero-order valence-electron chi connectivity index (χ0n) is 12.3. The minimum atomic E-state index is -0.967. The van der Waals surface area contributed by atoms with Gasteiger partial charge in [-0.05, 0) is 49.7 Å². The third kappa shape index (κ3) is 3.74. The van der Waals surface area contributed by atoms with E-state index < -0.39 is 5.97 Å². The maximum Gasteiger partial charge on any atom is 0.335 e. The van der Waals surface area contributed by atoms with Crippen molar-refractivity contribution < 1.29 is 14.6 Å². The van der Waals surface area contributed by atoms with Crippen molar-refractivity contribution in [2.24, 2.45) is 4.99 Å². The molecule has 0 saturated carbocycles. The number of carboxylic acid groups (broad SMARTS) is 1. The molecule has 2 aromatic carbocycles. The van der Waals surface area contributed by atoms with E-state index in [1.54, 1.807) is 19.1 Å². The Morgan fingerprint density at radius 3 is 2.59 bits per heavy atom. The molecular weight excluding hydrogens is 278 g/mol. The summed E-state index contributed by atoms with van der Waals surface area (Å²) < 4.78 is 5.80. The van der Waals surface area contributed by atoms with Gasteiger partial charge in [0, 0.05) is 0 Å². The standard InChI is InChI=1S/C18H15NO3/c1-3-4-12-19-17-13(2)6-5-7-16(17)22-15-10-8-14(9-11-15)18(20)21/h5-12H,1-2H3,(H,20,21). The van der Waals surface area contributed by atoms with Gasteiger partial charge in [0.15, 0.2) is 5.75 Å². The van der Waals surface area contributed by atoms with Crippen molar-refractivity contribution >= 4 is 17.9 Å². The summed E-state index contributed by atoms with van der Waals surface area (Å²) in [6.07, 6.45) is 1.53. The molecular formula is C18H15NO3. The highest BCUT2D eigenvalue weighted by atomic mass is 16.5. The summed E-state index contributed by atoms with van der Waals surface area (Å²) in [5, 5.41) is 8.89. The highest BCUT2D eigenvalue weighted by Crippen LogP contribution is 2.34. The second kappa shape index (κ2) is 7.09. The van der Waals surface area contributed by atoms with Crippen molar-refractivity contribution in [1.29, 1.82) is 0 Å². The van der Waals surface area contributed by atoms with Crippen LogP contribution >= 0.6 is 0 Å². The lowest BCUT2D eigenvalue weighted by atomic mass is 10.2. The van der Waals surface area contributed by atoms with Gasteiger partial charge in [0.05, 0.1) is 11.8 Å². The van der Waals surface area contributed by atoms with Crippen LogP contribution < -0.4 is 4.74 Å². The summed E-state index contributed by atoms with van der Waals surface area (Å²) >= 11 is 0. The maximum atomic E-state index is 10.8. The van der Waals surface area contributed by atoms with Gasteiger partial charge in [0.25, 0.3) is 0 Å². The van der Waals surface area contributed by atoms with Crippen LogP contribution in [-0.2, 0) is 0 Å². The molecule has 2 aromatic rings. The fourth-order valence-electron chi connectivity index (χ4n) is 1.83. The van der Waals surface area contributed by atoms with Crippen LogP contribution in [0.5, 0.6) is 11.5 Å². The lowest BCUT2D eigenvalue weighted by Gasteiger charge is -2.10. The molecule has 0 amide bonds. The van der Waals surface area contributed by atoms with Gasteiger partial charge in [0.1, 0.15) is 11.4 Å². The third-order valence-corrected chi connectivity index (χ3v) is 2.93. The third-order valence-electron chi connectivity index (χ3n) is 2.93. The van der Waals surface area contributed by atoms with Crippen LogP contribution in [0, 0.1) is 18.8 Å². The van der Waals surface area contributed by atoms with Crippen LogP contribution in [0.1, 0.15) is 22.8 Å². The highest BCUT2D eigenvalue weighted by Gasteiger charge is 2.07. The Bertz CT molecular complexity index is 765. The summed E-state index contributed by atoms with van der Waals surface area (Å²) in [6.45, 7) is 3.68. The molecule has 0 radical (unpaired) electrons. The number of para-hydroxylation sites is 1. The molecule has 1 N–H and O–H groups in total. The molecule has 0 atom stereocenters. The number of aliphatic imine (C=N–C) groups is 1. The molecule has 0 aromatic heterocycles. The molecule has 0 aliphatic rings. The van der Waals surface area contributed by atoms with Gasteiger partial charge in [-0.15, -0.1) is 5.92 Å². The number of carbonyl (C=O) groups is 1. The number of hydrogen-bond acceptors (Lipinski definition) is 3. The summed E-state index contributed by atoms with van der Waals surface area (Å²) in [5.41, 5.74) is 1.88. The number of ether oxygens (including phenoxy) is 1. The molecule has 0 aliphatic heterocycles. The van der Waals surface area contributed by atoms with E-state index in [1.807, 2.05) is 25.1 Å². The molecule has 22 heavy (non-hydrogen) atoms. The van der Waals surface area contributed by atoms with Crippen LogP contribution in [0.2, 0.25) is 0 Å². The van der Waals surface area contributed by atoms with E-state index in [9.17, 15) is 4.79 Å². The Kier molecular flexibility index (Phi) is 4.94. The van der Waals surface area contributed by atoms with Gasteiger partial charge in [-0.3, -0.25) is 0 Å². The van der Waals surface area contributed by atoms with E-state index in [-0.39, 0.29) is 5.56 Å². The van der Waals surface area contributed by atoms with Crippen LogP contribution in [0.15, 0.2) is 47.5 Å². The summed E-state index contributed by atoms with van der Waals surface area (Å²) in [4.78, 5) is 15.2. The molecule has 0 spiro atoms. The molecule has 110 valence electrons. The van der Waals surface area contributed by atoms with Crippen LogP contribution in [0.25, 0.3) is 0 Å². The Hall–Kier alpha value is -3.06. The first-order valence-electron chi connectivity index (χ1n) is 6.67. The first-order valence-corrected chi connectivity index (χ1v) is 6.67. The smallest absolute Gasteiger partial charge is 0.335 e. The topological polar surface area (TPSA) is 58.9 Å². The average Bonchev–Trinajstić information content (AvgIpc) is 2.50. The Morgan fingerprint density at radius 2 is 1.95 bits per heavy atom. The number of nitrogens with zero attached hydrogens (tertiary/aromatic N) is 1. The predicted octanol–water partition coefficient (Wildman–Crippen LogP) is 4.21. The van der Waals surface area contributed by atoms with Crippen molar-refractivity contribution in [2.45, 2.75) is 13.8 Å². The van der Waals surface area contributed by atoms with Crippen molar-refractivity contribution in [2.75, 3.05) is 0 Å². The van der Waals surface area contributed by atoms with Gasteiger partial charge in [-0.2, -0.15) is 0 Å². The second-order valence-corrected chi connectivity index (χ2v) is 4.51. The number of benzene rings is 2. The monoisotopic (exact) mass is 293 g/mol. The number of rotatable bonds is 4. The SMILES string of the molecule is CC#CC=Nc1c(C)cccc1Oc1ccc(C(=O)O)cc1. The Labute approximate surface area is 129 Å². The minimum absolute atomic E-state index is 0.216. The van der Waals surface area contributed by atoms with Gasteiger partial charge < -0.3 is 9.84 Å². The van der Waals surface area contributed by atoms with Gasteiger partial charge >= 0.3 is 5.97 Å².